The predicted octanol–water partition coefficient (Wildman–Crippen LogP) is 4.72. The lowest BCUT2D eigenvalue weighted by Crippen LogP contribution is -2.36. The maximum atomic E-state index is 12.5. The Hall–Kier alpha value is -2.70. The number of hydrogen-bond donors (Lipinski definition) is 1. The first-order valence-corrected chi connectivity index (χ1v) is 10.4. The average molecular weight is 428 g/mol. The number of nitrogens with one attached hydrogen (secondary N) is 1. The van der Waals surface area contributed by atoms with Gasteiger partial charge in [0.05, 0.1) is 18.7 Å². The number of thiazole rings is 1. The van der Waals surface area contributed by atoms with E-state index >= 15 is 0 Å². The summed E-state index contributed by atoms with van der Waals surface area (Å²) in [4.78, 5) is 30.8. The lowest BCUT2D eigenvalue weighted by atomic mass is 10.1. The lowest BCUT2D eigenvalue weighted by molar-refractivity contribution is -0.132. The number of halogens is 1. The summed E-state index contributed by atoms with van der Waals surface area (Å²) in [7, 11) is 1.62. The van der Waals surface area contributed by atoms with Crippen LogP contribution in [0.3, 0.4) is 0 Å². The molecule has 0 spiro atoms. The zero-order chi connectivity index (χ0) is 21.0. The first kappa shape index (κ1) is 21.0. The van der Waals surface area contributed by atoms with Crippen molar-refractivity contribution in [2.75, 3.05) is 18.9 Å². The third-order valence-corrected chi connectivity index (χ3v) is 5.64. The van der Waals surface area contributed by atoms with Crippen LogP contribution in [0.1, 0.15) is 16.8 Å². The predicted molar refractivity (Wildman–Crippen MR) is 118 cm³/mol. The second-order valence-corrected chi connectivity index (χ2v) is 8.24. The average Bonchev–Trinajstić information content (AvgIpc) is 3.13. The van der Waals surface area contributed by atoms with Crippen LogP contribution in [0.5, 0.6) is 0 Å². The first-order chi connectivity index (χ1) is 13.8. The molecule has 5 nitrogen and oxygen atoms in total. The fourth-order valence-electron chi connectivity index (χ4n) is 2.77. The van der Waals surface area contributed by atoms with E-state index in [2.05, 4.69) is 10.3 Å². The topological polar surface area (TPSA) is 62.3 Å². The molecule has 1 aromatic heterocycles. The minimum Gasteiger partial charge on any atom is -0.336 e. The van der Waals surface area contributed by atoms with Crippen molar-refractivity contribution in [3.63, 3.8) is 0 Å². The second-order valence-electron chi connectivity index (χ2n) is 6.94. The van der Waals surface area contributed by atoms with Gasteiger partial charge in [-0.25, -0.2) is 4.98 Å². The number of aromatic nitrogens is 1. The Morgan fingerprint density at radius 3 is 2.59 bits per heavy atom. The number of carbonyl (C=O) groups excluding carboxylic acids is 2. The summed E-state index contributed by atoms with van der Waals surface area (Å²) < 4.78 is 0. The molecule has 29 heavy (non-hydrogen) atoms. The normalized spacial score (nSPS) is 10.6. The van der Waals surface area contributed by atoms with E-state index in [0.717, 1.165) is 27.4 Å². The van der Waals surface area contributed by atoms with Crippen LogP contribution in [-0.2, 0) is 16.0 Å². The van der Waals surface area contributed by atoms with Gasteiger partial charge < -0.3 is 10.2 Å². The van der Waals surface area contributed by atoms with Crippen LogP contribution >= 0.6 is 22.9 Å². The van der Waals surface area contributed by atoms with Crippen molar-refractivity contribution in [1.29, 1.82) is 0 Å². The summed E-state index contributed by atoms with van der Waals surface area (Å²) in [5.74, 6) is -0.385. The molecule has 150 valence electrons. The Kier molecular flexibility index (Phi) is 6.67. The SMILES string of the molecule is Cc1ccc(C)c(NC(=O)CN(C)C(=O)Cc2csc(-c3ccc(Cl)cc3)n2)c1. The van der Waals surface area contributed by atoms with Crippen molar-refractivity contribution < 1.29 is 9.59 Å². The highest BCUT2D eigenvalue weighted by molar-refractivity contribution is 7.13. The molecule has 0 aliphatic carbocycles. The van der Waals surface area contributed by atoms with Crippen molar-refractivity contribution >= 4 is 40.4 Å². The number of anilines is 1. The molecule has 7 heteroatoms. The Balaban J connectivity index is 1.57. The van der Waals surface area contributed by atoms with E-state index < -0.39 is 0 Å². The molecule has 0 aliphatic heterocycles. The smallest absolute Gasteiger partial charge is 0.243 e. The second kappa shape index (κ2) is 9.20. The maximum Gasteiger partial charge on any atom is 0.243 e. The number of carbonyl (C=O) groups is 2. The Morgan fingerprint density at radius 1 is 1.14 bits per heavy atom. The molecule has 1 N–H and O–H groups in total. The van der Waals surface area contributed by atoms with Gasteiger partial charge in [0.15, 0.2) is 0 Å². The molecule has 0 fully saturated rings. The number of amides is 2. The van der Waals surface area contributed by atoms with Crippen molar-refractivity contribution in [2.45, 2.75) is 20.3 Å². The fourth-order valence-corrected chi connectivity index (χ4v) is 3.72. The van der Waals surface area contributed by atoms with E-state index in [4.69, 9.17) is 11.6 Å². The van der Waals surface area contributed by atoms with Gasteiger partial charge in [0.25, 0.3) is 0 Å². The van der Waals surface area contributed by atoms with Crippen molar-refractivity contribution in [3.8, 4) is 10.6 Å². The van der Waals surface area contributed by atoms with E-state index in [9.17, 15) is 9.59 Å². The molecule has 0 atom stereocenters. The minimum absolute atomic E-state index is 0.0135. The Bertz CT molecular complexity index is 1030. The molecular weight excluding hydrogens is 406 g/mol. The van der Waals surface area contributed by atoms with E-state index in [-0.39, 0.29) is 24.8 Å². The number of benzene rings is 2. The third-order valence-electron chi connectivity index (χ3n) is 4.45. The highest BCUT2D eigenvalue weighted by Crippen LogP contribution is 2.25. The molecule has 0 saturated carbocycles. The van der Waals surface area contributed by atoms with E-state index in [1.54, 1.807) is 7.05 Å². The van der Waals surface area contributed by atoms with Crippen LogP contribution in [0.25, 0.3) is 10.6 Å². The van der Waals surface area contributed by atoms with Crippen LogP contribution in [0.2, 0.25) is 5.02 Å². The molecule has 3 rings (SSSR count). The van der Waals surface area contributed by atoms with E-state index in [1.807, 2.05) is 61.7 Å². The molecule has 2 amide bonds. The quantitative estimate of drug-likeness (QED) is 0.619. The number of rotatable bonds is 6. The largest absolute Gasteiger partial charge is 0.336 e. The molecule has 0 unspecified atom stereocenters. The number of likely N-dealkylation sites (N-methyl/N-ethyl adjacent to an activating group) is 1. The van der Waals surface area contributed by atoms with Gasteiger partial charge in [0.1, 0.15) is 5.01 Å². The van der Waals surface area contributed by atoms with Crippen LogP contribution in [0, 0.1) is 13.8 Å². The van der Waals surface area contributed by atoms with Crippen molar-refractivity contribution in [1.82, 2.24) is 9.88 Å². The van der Waals surface area contributed by atoms with Crippen molar-refractivity contribution in [3.05, 3.63) is 69.7 Å². The summed E-state index contributed by atoms with van der Waals surface area (Å²) in [5, 5.41) is 6.24. The molecule has 0 radical (unpaired) electrons. The van der Waals surface area contributed by atoms with Crippen LogP contribution in [0.4, 0.5) is 5.69 Å². The molecule has 0 saturated heterocycles. The van der Waals surface area contributed by atoms with Gasteiger partial charge in [-0.3, -0.25) is 9.59 Å². The summed E-state index contributed by atoms with van der Waals surface area (Å²) in [5.41, 5.74) is 4.46. The van der Waals surface area contributed by atoms with Gasteiger partial charge in [0.2, 0.25) is 11.8 Å². The summed E-state index contributed by atoms with van der Waals surface area (Å²) >= 11 is 7.39. The molecule has 3 aromatic rings. The molecule has 2 aromatic carbocycles. The summed E-state index contributed by atoms with van der Waals surface area (Å²) in [6, 6.07) is 13.3. The summed E-state index contributed by atoms with van der Waals surface area (Å²) in [6.45, 7) is 3.89. The standard InChI is InChI=1S/C22H22ClN3O2S/c1-14-4-5-15(2)19(10-14)25-20(27)12-26(3)21(28)11-18-13-29-22(24-18)16-6-8-17(23)9-7-16/h4-10,13H,11-12H2,1-3H3,(H,25,27). The van der Waals surface area contributed by atoms with Gasteiger partial charge in [-0.15, -0.1) is 11.3 Å². The van der Waals surface area contributed by atoms with Gasteiger partial charge in [0, 0.05) is 28.7 Å². The molecule has 1 heterocycles. The van der Waals surface area contributed by atoms with Gasteiger partial charge in [-0.2, -0.15) is 0 Å². The van der Waals surface area contributed by atoms with Gasteiger partial charge in [-0.1, -0.05) is 35.9 Å². The summed E-state index contributed by atoms with van der Waals surface area (Å²) in [6.07, 6.45) is 0.150. The zero-order valence-corrected chi connectivity index (χ0v) is 18.1. The Labute approximate surface area is 179 Å². The van der Waals surface area contributed by atoms with Crippen LogP contribution < -0.4 is 5.32 Å². The number of nitrogens with zero attached hydrogens (tertiary/aromatic N) is 2. The highest BCUT2D eigenvalue weighted by Gasteiger charge is 2.16. The van der Waals surface area contributed by atoms with Gasteiger partial charge >= 0.3 is 0 Å². The maximum absolute atomic E-state index is 12.5. The number of aryl methyl sites for hydroxylation is 2. The van der Waals surface area contributed by atoms with E-state index in [1.165, 1.54) is 16.2 Å². The molecule has 0 aliphatic rings. The minimum atomic E-state index is -0.227. The lowest BCUT2D eigenvalue weighted by Gasteiger charge is -2.17. The third kappa shape index (κ3) is 5.65. The fraction of sp³-hybridized carbons (Fsp3) is 0.227. The molecule has 0 bridgehead atoms. The molecular formula is C22H22ClN3O2S. The highest BCUT2D eigenvalue weighted by atomic mass is 35.5. The van der Waals surface area contributed by atoms with Gasteiger partial charge in [-0.05, 0) is 43.2 Å². The van der Waals surface area contributed by atoms with Crippen LogP contribution in [-0.4, -0.2) is 35.3 Å². The zero-order valence-electron chi connectivity index (χ0n) is 16.5. The Morgan fingerprint density at radius 2 is 1.86 bits per heavy atom. The van der Waals surface area contributed by atoms with Crippen LogP contribution in [0.15, 0.2) is 47.8 Å². The van der Waals surface area contributed by atoms with Crippen molar-refractivity contribution in [2.24, 2.45) is 0 Å². The monoisotopic (exact) mass is 427 g/mol. The first-order valence-electron chi connectivity index (χ1n) is 9.13. The number of hydrogen-bond acceptors (Lipinski definition) is 4. The van der Waals surface area contributed by atoms with E-state index in [0.29, 0.717) is 10.7 Å².